The highest BCUT2D eigenvalue weighted by molar-refractivity contribution is 5.78. The minimum absolute atomic E-state index is 0.0716. The fourth-order valence-corrected chi connectivity index (χ4v) is 1.53. The van der Waals surface area contributed by atoms with Crippen LogP contribution in [0.4, 0.5) is 24.5 Å². The van der Waals surface area contributed by atoms with Crippen molar-refractivity contribution < 1.29 is 13.2 Å². The Morgan fingerprint density at radius 3 is 2.17 bits per heavy atom. The summed E-state index contributed by atoms with van der Waals surface area (Å²) in [6.07, 6.45) is -2.40. The Morgan fingerprint density at radius 1 is 1.00 bits per heavy atom. The predicted molar refractivity (Wildman–Crippen MR) is 59.1 cm³/mol. The zero-order chi connectivity index (χ0) is 13.3. The molecule has 0 fully saturated rings. The molecule has 1 heterocycles. The van der Waals surface area contributed by atoms with Crippen LogP contribution in [0.5, 0.6) is 0 Å². The monoisotopic (exact) mass is 255 g/mol. The summed E-state index contributed by atoms with van der Waals surface area (Å²) in [6, 6.07) is 2.03. The van der Waals surface area contributed by atoms with Crippen LogP contribution in [0.1, 0.15) is 5.56 Å². The van der Waals surface area contributed by atoms with E-state index in [4.69, 9.17) is 11.5 Å². The lowest BCUT2D eigenvalue weighted by molar-refractivity contribution is -0.137. The highest BCUT2D eigenvalue weighted by Crippen LogP contribution is 2.40. The minimum atomic E-state index is -4.59. The van der Waals surface area contributed by atoms with Gasteiger partial charge in [0.15, 0.2) is 5.82 Å². The Morgan fingerprint density at radius 2 is 1.61 bits per heavy atom. The molecular weight excluding hydrogens is 247 g/mol. The van der Waals surface area contributed by atoms with E-state index >= 15 is 0 Å². The van der Waals surface area contributed by atoms with Gasteiger partial charge < -0.3 is 11.5 Å². The second-order valence-corrected chi connectivity index (χ2v) is 3.49. The zero-order valence-electron chi connectivity index (χ0n) is 8.94. The fourth-order valence-electron chi connectivity index (χ4n) is 1.53. The Balaban J connectivity index is 2.74. The zero-order valence-corrected chi connectivity index (χ0v) is 8.94. The molecule has 0 aliphatic carbocycles. The summed E-state index contributed by atoms with van der Waals surface area (Å²) in [5.74, 6) is -0.144. The first-order valence-electron chi connectivity index (χ1n) is 4.78. The largest absolute Gasteiger partial charge is 0.417 e. The average Bonchev–Trinajstić information content (AvgIpc) is 2.28. The van der Waals surface area contributed by atoms with Gasteiger partial charge in [0, 0.05) is 11.4 Å². The Kier molecular flexibility index (Phi) is 2.77. The molecule has 94 valence electrons. The summed E-state index contributed by atoms with van der Waals surface area (Å²) in [4.78, 5) is 10.9. The number of benzene rings is 1. The lowest BCUT2D eigenvalue weighted by Gasteiger charge is -2.14. The van der Waals surface area contributed by atoms with Crippen LogP contribution in [0, 0.1) is 0 Å². The summed E-state index contributed by atoms with van der Waals surface area (Å²) in [7, 11) is 0. The minimum Gasteiger partial charge on any atom is -0.399 e. The van der Waals surface area contributed by atoms with Gasteiger partial charge >= 0.3 is 6.18 Å². The van der Waals surface area contributed by atoms with Crippen LogP contribution in [0.3, 0.4) is 0 Å². The molecular formula is C10H8F3N5. The third-order valence-electron chi connectivity index (χ3n) is 2.21. The van der Waals surface area contributed by atoms with Crippen molar-refractivity contribution in [2.45, 2.75) is 6.18 Å². The molecule has 0 saturated heterocycles. The number of halogens is 3. The van der Waals surface area contributed by atoms with E-state index in [0.717, 1.165) is 18.7 Å². The molecule has 0 amide bonds. The Hall–Kier alpha value is -2.38. The summed E-state index contributed by atoms with van der Waals surface area (Å²) in [6.45, 7) is 0. The number of hydrogen-bond acceptors (Lipinski definition) is 5. The first-order valence-corrected chi connectivity index (χ1v) is 4.78. The van der Waals surface area contributed by atoms with Gasteiger partial charge in [-0.25, -0.2) is 15.0 Å². The normalized spacial score (nSPS) is 11.5. The molecule has 5 nitrogen and oxygen atoms in total. The van der Waals surface area contributed by atoms with Crippen LogP contribution in [-0.2, 0) is 6.18 Å². The lowest BCUT2D eigenvalue weighted by Crippen LogP contribution is -2.11. The smallest absolute Gasteiger partial charge is 0.399 e. The van der Waals surface area contributed by atoms with Gasteiger partial charge in [-0.2, -0.15) is 13.2 Å². The molecule has 0 radical (unpaired) electrons. The van der Waals surface area contributed by atoms with Crippen molar-refractivity contribution in [3.63, 3.8) is 0 Å². The highest BCUT2D eigenvalue weighted by atomic mass is 19.4. The number of anilines is 2. The van der Waals surface area contributed by atoms with Gasteiger partial charge in [0.25, 0.3) is 0 Å². The first-order chi connectivity index (χ1) is 8.39. The predicted octanol–water partition coefficient (Wildman–Crippen LogP) is 1.72. The number of nitrogens with two attached hydrogens (primary N) is 2. The topological polar surface area (TPSA) is 90.7 Å². The molecule has 0 aliphatic heterocycles. The Bertz CT molecular complexity index is 568. The maximum atomic E-state index is 12.9. The quantitative estimate of drug-likeness (QED) is 0.757. The van der Waals surface area contributed by atoms with E-state index in [-0.39, 0.29) is 22.8 Å². The second kappa shape index (κ2) is 4.13. The van der Waals surface area contributed by atoms with Crippen molar-refractivity contribution in [2.24, 2.45) is 0 Å². The number of alkyl halides is 3. The third kappa shape index (κ3) is 2.17. The van der Waals surface area contributed by atoms with E-state index in [0.29, 0.717) is 0 Å². The van der Waals surface area contributed by atoms with Gasteiger partial charge in [0.1, 0.15) is 12.7 Å². The van der Waals surface area contributed by atoms with Gasteiger partial charge in [0.05, 0.1) is 11.1 Å². The molecule has 0 spiro atoms. The van der Waals surface area contributed by atoms with Crippen molar-refractivity contribution in [1.82, 2.24) is 15.0 Å². The molecule has 2 aromatic rings. The van der Waals surface area contributed by atoms with Crippen LogP contribution in [0.2, 0.25) is 0 Å². The molecule has 0 bridgehead atoms. The standard InChI is InChI=1S/C10H8F3N5/c11-10(12,13)6-1-5(14)2-7(15)8(6)9-17-3-16-4-18-9/h1-4H,14-15H2. The lowest BCUT2D eigenvalue weighted by atomic mass is 10.0. The van der Waals surface area contributed by atoms with Gasteiger partial charge in [-0.05, 0) is 12.1 Å². The SMILES string of the molecule is Nc1cc(N)c(-c2ncncn2)c(C(F)(F)F)c1. The Labute approximate surface area is 99.7 Å². The van der Waals surface area contributed by atoms with Gasteiger partial charge in [-0.15, -0.1) is 0 Å². The van der Waals surface area contributed by atoms with Crippen molar-refractivity contribution in [3.8, 4) is 11.4 Å². The molecule has 1 aromatic carbocycles. The maximum Gasteiger partial charge on any atom is 0.417 e. The van der Waals surface area contributed by atoms with E-state index in [9.17, 15) is 13.2 Å². The van der Waals surface area contributed by atoms with E-state index in [1.54, 1.807) is 0 Å². The number of nitrogen functional groups attached to an aromatic ring is 2. The van der Waals surface area contributed by atoms with Crippen molar-refractivity contribution in [2.75, 3.05) is 11.5 Å². The molecule has 0 atom stereocenters. The van der Waals surface area contributed by atoms with E-state index in [1.807, 2.05) is 0 Å². The van der Waals surface area contributed by atoms with Gasteiger partial charge in [0.2, 0.25) is 0 Å². The number of nitrogens with zero attached hydrogens (tertiary/aromatic N) is 3. The molecule has 0 aliphatic rings. The third-order valence-corrected chi connectivity index (χ3v) is 2.21. The number of aromatic nitrogens is 3. The molecule has 2 rings (SSSR count). The van der Waals surface area contributed by atoms with Crippen LogP contribution in [0.25, 0.3) is 11.4 Å². The first kappa shape index (κ1) is 12.1. The highest BCUT2D eigenvalue weighted by Gasteiger charge is 2.35. The summed E-state index contributed by atoms with van der Waals surface area (Å²) < 4.78 is 38.7. The van der Waals surface area contributed by atoms with Crippen molar-refractivity contribution >= 4 is 11.4 Å². The van der Waals surface area contributed by atoms with Gasteiger partial charge in [-0.3, -0.25) is 0 Å². The second-order valence-electron chi connectivity index (χ2n) is 3.49. The van der Waals surface area contributed by atoms with Crippen LogP contribution < -0.4 is 11.5 Å². The molecule has 18 heavy (non-hydrogen) atoms. The average molecular weight is 255 g/mol. The van der Waals surface area contributed by atoms with Crippen LogP contribution in [0.15, 0.2) is 24.8 Å². The van der Waals surface area contributed by atoms with Crippen molar-refractivity contribution in [1.29, 1.82) is 0 Å². The summed E-state index contributed by atoms with van der Waals surface area (Å²) in [5.41, 5.74) is 9.48. The number of rotatable bonds is 1. The molecule has 4 N–H and O–H groups in total. The molecule has 8 heteroatoms. The van der Waals surface area contributed by atoms with E-state index in [2.05, 4.69) is 15.0 Å². The molecule has 1 aromatic heterocycles. The summed E-state index contributed by atoms with van der Waals surface area (Å²) in [5, 5.41) is 0. The van der Waals surface area contributed by atoms with Crippen LogP contribution in [-0.4, -0.2) is 15.0 Å². The maximum absolute atomic E-state index is 12.9. The molecule has 0 saturated carbocycles. The fraction of sp³-hybridized carbons (Fsp3) is 0.100. The molecule has 0 unspecified atom stereocenters. The van der Waals surface area contributed by atoms with E-state index < -0.39 is 11.7 Å². The number of hydrogen-bond donors (Lipinski definition) is 2. The van der Waals surface area contributed by atoms with Crippen molar-refractivity contribution in [3.05, 3.63) is 30.4 Å². The van der Waals surface area contributed by atoms with E-state index in [1.165, 1.54) is 6.07 Å². The van der Waals surface area contributed by atoms with Crippen LogP contribution >= 0.6 is 0 Å². The van der Waals surface area contributed by atoms with Gasteiger partial charge in [-0.1, -0.05) is 0 Å². The summed E-state index contributed by atoms with van der Waals surface area (Å²) >= 11 is 0.